The molecule has 0 fully saturated rings. The molecule has 0 amide bonds. The molecule has 5 nitrogen and oxygen atoms in total. The zero-order valence-corrected chi connectivity index (χ0v) is 12.3. The average molecular weight is 295 g/mol. The van der Waals surface area contributed by atoms with Crippen molar-refractivity contribution in [1.82, 2.24) is 10.1 Å². The molecule has 2 N–H and O–H groups in total. The van der Waals surface area contributed by atoms with Gasteiger partial charge in [-0.05, 0) is 24.0 Å². The summed E-state index contributed by atoms with van der Waals surface area (Å²) in [5, 5.41) is 3.97. The van der Waals surface area contributed by atoms with Gasteiger partial charge in [-0.25, -0.2) is 0 Å². The molecular formula is C14H19ClN4O. The molecule has 1 aromatic carbocycles. The fourth-order valence-electron chi connectivity index (χ4n) is 2.66. The number of benzene rings is 1. The van der Waals surface area contributed by atoms with E-state index in [1.54, 1.807) is 0 Å². The third-order valence-corrected chi connectivity index (χ3v) is 3.45. The van der Waals surface area contributed by atoms with Crippen molar-refractivity contribution in [3.63, 3.8) is 0 Å². The molecule has 1 aromatic heterocycles. The molecule has 2 heterocycles. The number of nitrogens with two attached hydrogens (primary N) is 1. The molecule has 0 aliphatic carbocycles. The number of hydrogen-bond donors (Lipinski definition) is 1. The topological polar surface area (TPSA) is 68.2 Å². The first-order valence-electron chi connectivity index (χ1n) is 6.60. The summed E-state index contributed by atoms with van der Waals surface area (Å²) in [7, 11) is 0. The summed E-state index contributed by atoms with van der Waals surface area (Å²) in [5.74, 6) is 1.83. The number of rotatable bonds is 3. The Morgan fingerprint density at radius 2 is 2.20 bits per heavy atom. The van der Waals surface area contributed by atoms with Crippen molar-refractivity contribution in [3.05, 3.63) is 41.5 Å². The van der Waals surface area contributed by atoms with Gasteiger partial charge in [0.1, 0.15) is 0 Å². The summed E-state index contributed by atoms with van der Waals surface area (Å²) in [4.78, 5) is 6.59. The van der Waals surface area contributed by atoms with E-state index in [1.807, 2.05) is 0 Å². The Bertz CT molecular complexity index is 572. The quantitative estimate of drug-likeness (QED) is 0.939. The summed E-state index contributed by atoms with van der Waals surface area (Å²) >= 11 is 0. The van der Waals surface area contributed by atoms with E-state index in [2.05, 4.69) is 46.2 Å². The minimum absolute atomic E-state index is 0. The lowest BCUT2D eigenvalue weighted by Gasteiger charge is -2.33. The molecule has 1 aliphatic rings. The highest BCUT2D eigenvalue weighted by Crippen LogP contribution is 2.30. The zero-order chi connectivity index (χ0) is 13.2. The predicted molar refractivity (Wildman–Crippen MR) is 79.8 cm³/mol. The van der Waals surface area contributed by atoms with Crippen molar-refractivity contribution >= 4 is 18.1 Å². The number of fused-ring (bicyclic) bond motifs is 1. The first kappa shape index (κ1) is 14.8. The summed E-state index contributed by atoms with van der Waals surface area (Å²) in [6, 6.07) is 8.52. The molecule has 6 heteroatoms. The Balaban J connectivity index is 0.00000147. The van der Waals surface area contributed by atoms with Gasteiger partial charge in [0.2, 0.25) is 5.89 Å². The van der Waals surface area contributed by atoms with Gasteiger partial charge in [0, 0.05) is 12.2 Å². The summed E-state index contributed by atoms with van der Waals surface area (Å²) < 4.78 is 5.06. The Hall–Kier alpha value is -1.59. The predicted octanol–water partition coefficient (Wildman–Crippen LogP) is 2.15. The van der Waals surface area contributed by atoms with Crippen LogP contribution in [0.25, 0.3) is 0 Å². The van der Waals surface area contributed by atoms with E-state index in [1.165, 1.54) is 11.3 Å². The van der Waals surface area contributed by atoms with Crippen molar-refractivity contribution in [2.45, 2.75) is 26.4 Å². The van der Waals surface area contributed by atoms with E-state index in [4.69, 9.17) is 10.3 Å². The maximum absolute atomic E-state index is 5.49. The Labute approximate surface area is 124 Å². The van der Waals surface area contributed by atoms with Crippen LogP contribution in [0.5, 0.6) is 0 Å². The highest BCUT2D eigenvalue weighted by atomic mass is 35.5. The number of hydrogen-bond acceptors (Lipinski definition) is 5. The van der Waals surface area contributed by atoms with Crippen LogP contribution in [-0.2, 0) is 19.5 Å². The van der Waals surface area contributed by atoms with Crippen LogP contribution >= 0.6 is 12.4 Å². The molecule has 1 unspecified atom stereocenters. The van der Waals surface area contributed by atoms with Gasteiger partial charge in [-0.1, -0.05) is 30.3 Å². The van der Waals surface area contributed by atoms with Gasteiger partial charge in [0.25, 0.3) is 0 Å². The van der Waals surface area contributed by atoms with Crippen molar-refractivity contribution in [3.8, 4) is 0 Å². The van der Waals surface area contributed by atoms with Gasteiger partial charge in [-0.15, -0.1) is 12.4 Å². The van der Waals surface area contributed by atoms with E-state index < -0.39 is 0 Å². The fraction of sp³-hybridized carbons (Fsp3) is 0.429. The molecule has 108 valence electrons. The van der Waals surface area contributed by atoms with Gasteiger partial charge < -0.3 is 15.2 Å². The van der Waals surface area contributed by atoms with Crippen molar-refractivity contribution < 1.29 is 4.52 Å². The van der Waals surface area contributed by atoms with Gasteiger partial charge >= 0.3 is 0 Å². The average Bonchev–Trinajstić information content (AvgIpc) is 2.86. The van der Waals surface area contributed by atoms with Crippen LogP contribution in [-0.4, -0.2) is 16.7 Å². The molecule has 0 saturated heterocycles. The van der Waals surface area contributed by atoms with E-state index in [9.17, 15) is 0 Å². The number of halogens is 1. The monoisotopic (exact) mass is 294 g/mol. The second-order valence-electron chi connectivity index (χ2n) is 5.13. The smallest absolute Gasteiger partial charge is 0.240 e. The number of para-hydroxylation sites is 1. The minimum atomic E-state index is 0. The first-order valence-corrected chi connectivity index (χ1v) is 6.60. The molecule has 0 saturated carbocycles. The number of anilines is 1. The maximum Gasteiger partial charge on any atom is 0.240 e. The number of nitrogens with zero attached hydrogens (tertiary/aromatic N) is 3. The lowest BCUT2D eigenvalue weighted by Crippen LogP contribution is -2.34. The zero-order valence-electron chi connectivity index (χ0n) is 11.5. The normalized spacial score (nSPS) is 17.5. The van der Waals surface area contributed by atoms with Crippen LogP contribution in [0.4, 0.5) is 5.69 Å². The molecule has 2 aromatic rings. The van der Waals surface area contributed by atoms with E-state index in [0.717, 1.165) is 13.0 Å². The lowest BCUT2D eigenvalue weighted by atomic mass is 9.94. The molecule has 1 atom stereocenters. The molecule has 0 bridgehead atoms. The van der Waals surface area contributed by atoms with Crippen LogP contribution in [0.2, 0.25) is 0 Å². The highest BCUT2D eigenvalue weighted by Gasteiger charge is 2.22. The molecule has 0 radical (unpaired) electrons. The molecule has 1 aliphatic heterocycles. The van der Waals surface area contributed by atoms with Crippen molar-refractivity contribution in [1.29, 1.82) is 0 Å². The van der Waals surface area contributed by atoms with Gasteiger partial charge in [0.15, 0.2) is 5.82 Å². The van der Waals surface area contributed by atoms with Crippen LogP contribution < -0.4 is 10.6 Å². The van der Waals surface area contributed by atoms with Crippen LogP contribution in [0.1, 0.15) is 24.2 Å². The van der Waals surface area contributed by atoms with E-state index >= 15 is 0 Å². The molecular weight excluding hydrogens is 276 g/mol. The Kier molecular flexibility index (Phi) is 4.62. The summed E-state index contributed by atoms with van der Waals surface area (Å²) in [6.07, 6.45) is 1.13. The van der Waals surface area contributed by atoms with E-state index in [0.29, 0.717) is 30.7 Å². The van der Waals surface area contributed by atoms with Crippen LogP contribution in [0.15, 0.2) is 28.8 Å². The second-order valence-corrected chi connectivity index (χ2v) is 5.13. The lowest BCUT2D eigenvalue weighted by molar-refractivity contribution is 0.373. The minimum Gasteiger partial charge on any atom is -0.363 e. The van der Waals surface area contributed by atoms with Gasteiger partial charge in [-0.2, -0.15) is 4.98 Å². The van der Waals surface area contributed by atoms with Crippen LogP contribution in [0, 0.1) is 5.92 Å². The van der Waals surface area contributed by atoms with Gasteiger partial charge in [0.05, 0.1) is 13.1 Å². The Morgan fingerprint density at radius 1 is 1.40 bits per heavy atom. The van der Waals surface area contributed by atoms with Crippen molar-refractivity contribution in [2.75, 3.05) is 11.4 Å². The first-order chi connectivity index (χ1) is 9.26. The maximum atomic E-state index is 5.49. The molecule has 3 rings (SSSR count). The van der Waals surface area contributed by atoms with E-state index in [-0.39, 0.29) is 12.4 Å². The second kappa shape index (κ2) is 6.24. The number of aromatic nitrogens is 2. The SMILES string of the molecule is CC1Cc2ccccc2N(Cc2noc(CN)n2)C1.Cl. The summed E-state index contributed by atoms with van der Waals surface area (Å²) in [5.41, 5.74) is 8.15. The standard InChI is InChI=1S/C14H18N4O.ClH/c1-10-6-11-4-2-3-5-12(11)18(8-10)9-13-16-14(7-15)19-17-13;/h2-5,10H,6-9,15H2,1H3;1H. The largest absolute Gasteiger partial charge is 0.363 e. The summed E-state index contributed by atoms with van der Waals surface area (Å²) in [6.45, 7) is 4.25. The van der Waals surface area contributed by atoms with Crippen LogP contribution in [0.3, 0.4) is 0 Å². The van der Waals surface area contributed by atoms with Gasteiger partial charge in [-0.3, -0.25) is 0 Å². The molecule has 20 heavy (non-hydrogen) atoms. The van der Waals surface area contributed by atoms with Crippen molar-refractivity contribution in [2.24, 2.45) is 11.7 Å². The third kappa shape index (κ3) is 2.94. The fourth-order valence-corrected chi connectivity index (χ4v) is 2.66. The molecule has 0 spiro atoms. The third-order valence-electron chi connectivity index (χ3n) is 3.45. The highest BCUT2D eigenvalue weighted by molar-refractivity contribution is 5.85. The Morgan fingerprint density at radius 3 is 2.95 bits per heavy atom.